The van der Waals surface area contributed by atoms with E-state index >= 15 is 0 Å². The number of aromatic nitrogens is 3. The number of nitrogens with one attached hydrogen (secondary N) is 1. The van der Waals surface area contributed by atoms with Crippen molar-refractivity contribution in [2.75, 3.05) is 23.3 Å². The standard InChI is InChI=1S/C21H25N5/c1-3-26(19-13-7-9-17(2)15-19)20-16-23-25-21(24-20)22-14-8-12-18-10-5-4-6-11-18/h4-7,9-11,13,15-16H,3,8,12,14H2,1-2H3,(H,22,24,25). The Morgan fingerprint density at radius 3 is 2.65 bits per heavy atom. The van der Waals surface area contributed by atoms with Gasteiger partial charge in [-0.3, -0.25) is 0 Å². The Morgan fingerprint density at radius 2 is 1.88 bits per heavy atom. The highest BCUT2D eigenvalue weighted by molar-refractivity contribution is 5.60. The third kappa shape index (κ3) is 4.79. The number of hydrogen-bond acceptors (Lipinski definition) is 5. The van der Waals surface area contributed by atoms with Crippen molar-refractivity contribution in [1.82, 2.24) is 15.2 Å². The minimum absolute atomic E-state index is 0.571. The summed E-state index contributed by atoms with van der Waals surface area (Å²) in [6, 6.07) is 18.9. The van der Waals surface area contributed by atoms with Gasteiger partial charge in [0.05, 0.1) is 6.20 Å². The quantitative estimate of drug-likeness (QED) is 0.613. The van der Waals surface area contributed by atoms with Crippen LogP contribution in [0.2, 0.25) is 0 Å². The second kappa shape index (κ2) is 8.94. The molecule has 1 N–H and O–H groups in total. The highest BCUT2D eigenvalue weighted by Gasteiger charge is 2.10. The lowest BCUT2D eigenvalue weighted by Gasteiger charge is -2.22. The summed E-state index contributed by atoms with van der Waals surface area (Å²) in [6.07, 6.45) is 3.76. The lowest BCUT2D eigenvalue weighted by molar-refractivity contribution is 0.838. The second-order valence-electron chi connectivity index (χ2n) is 6.24. The van der Waals surface area contributed by atoms with Crippen LogP contribution in [0, 0.1) is 6.92 Å². The van der Waals surface area contributed by atoms with Crippen molar-refractivity contribution >= 4 is 17.5 Å². The molecule has 0 amide bonds. The fraction of sp³-hybridized carbons (Fsp3) is 0.286. The molecule has 0 fully saturated rings. The maximum absolute atomic E-state index is 4.64. The average molecular weight is 347 g/mol. The minimum Gasteiger partial charge on any atom is -0.353 e. The van der Waals surface area contributed by atoms with Gasteiger partial charge in [0.25, 0.3) is 0 Å². The normalized spacial score (nSPS) is 10.5. The topological polar surface area (TPSA) is 53.9 Å². The minimum atomic E-state index is 0.571. The van der Waals surface area contributed by atoms with E-state index in [1.807, 2.05) is 6.07 Å². The molecule has 0 unspecified atom stereocenters. The number of nitrogens with zero attached hydrogens (tertiary/aromatic N) is 4. The molecule has 0 aliphatic rings. The van der Waals surface area contributed by atoms with Crippen LogP contribution in [-0.2, 0) is 6.42 Å². The van der Waals surface area contributed by atoms with Gasteiger partial charge in [0.15, 0.2) is 5.82 Å². The summed E-state index contributed by atoms with van der Waals surface area (Å²) >= 11 is 0. The van der Waals surface area contributed by atoms with Crippen LogP contribution >= 0.6 is 0 Å². The maximum atomic E-state index is 4.64. The Hall–Kier alpha value is -2.95. The first-order chi connectivity index (χ1) is 12.8. The van der Waals surface area contributed by atoms with Crippen molar-refractivity contribution < 1.29 is 0 Å². The van der Waals surface area contributed by atoms with Crippen LogP contribution in [0.1, 0.15) is 24.5 Å². The van der Waals surface area contributed by atoms with E-state index < -0.39 is 0 Å². The van der Waals surface area contributed by atoms with Crippen LogP contribution in [0.5, 0.6) is 0 Å². The Bertz CT molecular complexity index is 819. The third-order valence-electron chi connectivity index (χ3n) is 4.22. The number of hydrogen-bond donors (Lipinski definition) is 1. The van der Waals surface area contributed by atoms with E-state index in [1.165, 1.54) is 11.1 Å². The fourth-order valence-corrected chi connectivity index (χ4v) is 2.91. The highest BCUT2D eigenvalue weighted by atomic mass is 15.3. The molecule has 0 atom stereocenters. The Kier molecular flexibility index (Phi) is 6.14. The zero-order chi connectivity index (χ0) is 18.2. The summed E-state index contributed by atoms with van der Waals surface area (Å²) < 4.78 is 0. The summed E-state index contributed by atoms with van der Waals surface area (Å²) in [7, 11) is 0. The molecule has 3 rings (SSSR count). The molecule has 134 valence electrons. The second-order valence-corrected chi connectivity index (χ2v) is 6.24. The monoisotopic (exact) mass is 347 g/mol. The van der Waals surface area contributed by atoms with E-state index in [0.29, 0.717) is 5.95 Å². The average Bonchev–Trinajstić information content (AvgIpc) is 2.67. The van der Waals surface area contributed by atoms with E-state index in [9.17, 15) is 0 Å². The molecule has 5 nitrogen and oxygen atoms in total. The maximum Gasteiger partial charge on any atom is 0.244 e. The van der Waals surface area contributed by atoms with Crippen LogP contribution in [0.15, 0.2) is 60.8 Å². The molecule has 0 radical (unpaired) electrons. The van der Waals surface area contributed by atoms with Gasteiger partial charge in [0.2, 0.25) is 5.95 Å². The van der Waals surface area contributed by atoms with Gasteiger partial charge in [-0.1, -0.05) is 42.5 Å². The highest BCUT2D eigenvalue weighted by Crippen LogP contribution is 2.23. The molecule has 2 aromatic carbocycles. The number of anilines is 3. The van der Waals surface area contributed by atoms with Gasteiger partial charge in [-0.05, 0) is 49.9 Å². The van der Waals surface area contributed by atoms with E-state index in [2.05, 4.69) is 87.8 Å². The van der Waals surface area contributed by atoms with Crippen molar-refractivity contribution in [2.45, 2.75) is 26.7 Å². The van der Waals surface area contributed by atoms with Gasteiger partial charge < -0.3 is 10.2 Å². The summed E-state index contributed by atoms with van der Waals surface area (Å²) in [4.78, 5) is 6.77. The van der Waals surface area contributed by atoms with Crippen LogP contribution in [-0.4, -0.2) is 28.3 Å². The molecule has 0 saturated carbocycles. The molecule has 0 aliphatic heterocycles. The first kappa shape index (κ1) is 17.9. The molecular weight excluding hydrogens is 322 g/mol. The van der Waals surface area contributed by atoms with Gasteiger partial charge >= 0.3 is 0 Å². The molecule has 0 aliphatic carbocycles. The number of aryl methyl sites for hydroxylation is 2. The van der Waals surface area contributed by atoms with Crippen LogP contribution in [0.4, 0.5) is 17.5 Å². The summed E-state index contributed by atoms with van der Waals surface area (Å²) in [5, 5.41) is 11.5. The van der Waals surface area contributed by atoms with Gasteiger partial charge in [0.1, 0.15) is 0 Å². The molecule has 0 spiro atoms. The SMILES string of the molecule is CCN(c1cccc(C)c1)c1cnnc(NCCCc2ccccc2)n1. The lowest BCUT2D eigenvalue weighted by Crippen LogP contribution is -2.19. The zero-order valence-electron chi connectivity index (χ0n) is 15.4. The zero-order valence-corrected chi connectivity index (χ0v) is 15.4. The molecule has 5 heteroatoms. The molecule has 26 heavy (non-hydrogen) atoms. The Balaban J connectivity index is 1.62. The molecule has 3 aromatic rings. The van der Waals surface area contributed by atoms with Crippen molar-refractivity contribution in [1.29, 1.82) is 0 Å². The molecular formula is C21H25N5. The van der Waals surface area contributed by atoms with E-state index in [-0.39, 0.29) is 0 Å². The van der Waals surface area contributed by atoms with Gasteiger partial charge in [-0.2, -0.15) is 10.1 Å². The predicted molar refractivity (Wildman–Crippen MR) is 107 cm³/mol. The van der Waals surface area contributed by atoms with Gasteiger partial charge in [-0.15, -0.1) is 5.10 Å². The first-order valence-corrected chi connectivity index (χ1v) is 9.08. The molecule has 0 bridgehead atoms. The van der Waals surface area contributed by atoms with E-state index in [1.54, 1.807) is 6.20 Å². The van der Waals surface area contributed by atoms with Gasteiger partial charge in [-0.25, -0.2) is 0 Å². The third-order valence-corrected chi connectivity index (χ3v) is 4.22. The Morgan fingerprint density at radius 1 is 1.04 bits per heavy atom. The first-order valence-electron chi connectivity index (χ1n) is 9.08. The number of benzene rings is 2. The van der Waals surface area contributed by atoms with Crippen molar-refractivity contribution in [3.8, 4) is 0 Å². The molecule has 1 heterocycles. The summed E-state index contributed by atoms with van der Waals surface area (Å²) in [6.45, 7) is 5.83. The van der Waals surface area contributed by atoms with Crippen LogP contribution in [0.25, 0.3) is 0 Å². The largest absolute Gasteiger partial charge is 0.353 e. The molecule has 0 saturated heterocycles. The van der Waals surface area contributed by atoms with E-state index in [4.69, 9.17) is 0 Å². The van der Waals surface area contributed by atoms with Crippen molar-refractivity contribution in [3.05, 3.63) is 71.9 Å². The number of rotatable bonds is 8. The van der Waals surface area contributed by atoms with Gasteiger partial charge in [0, 0.05) is 18.8 Å². The van der Waals surface area contributed by atoms with Crippen LogP contribution < -0.4 is 10.2 Å². The van der Waals surface area contributed by atoms with Crippen molar-refractivity contribution in [3.63, 3.8) is 0 Å². The summed E-state index contributed by atoms with van der Waals surface area (Å²) in [5.74, 6) is 1.38. The van der Waals surface area contributed by atoms with Crippen LogP contribution in [0.3, 0.4) is 0 Å². The Labute approximate surface area is 155 Å². The molecule has 1 aromatic heterocycles. The summed E-state index contributed by atoms with van der Waals surface area (Å²) in [5.41, 5.74) is 3.68. The lowest BCUT2D eigenvalue weighted by atomic mass is 10.1. The fourth-order valence-electron chi connectivity index (χ4n) is 2.91. The predicted octanol–water partition coefficient (Wildman–Crippen LogP) is 4.38. The van der Waals surface area contributed by atoms with E-state index in [0.717, 1.165) is 37.4 Å². The smallest absolute Gasteiger partial charge is 0.244 e. The van der Waals surface area contributed by atoms with Crippen molar-refractivity contribution in [2.24, 2.45) is 0 Å².